The van der Waals surface area contributed by atoms with Crippen LogP contribution in [0.4, 0.5) is 0 Å². The van der Waals surface area contributed by atoms with E-state index >= 15 is 0 Å². The quantitative estimate of drug-likeness (QED) is 0.322. The first-order valence-corrected chi connectivity index (χ1v) is 8.61. The molecular formula is C14H23O8P. The molecule has 0 unspecified atom stereocenters. The fourth-order valence-corrected chi connectivity index (χ4v) is 2.06. The number of hydrogen-bond acceptors (Lipinski definition) is 7. The maximum absolute atomic E-state index is 10.6. The summed E-state index contributed by atoms with van der Waals surface area (Å²) in [7, 11) is -3.63. The van der Waals surface area contributed by atoms with E-state index < -0.39 is 19.8 Å². The first-order chi connectivity index (χ1) is 10.9. The minimum atomic E-state index is -3.63. The number of esters is 2. The first-order valence-electron chi connectivity index (χ1n) is 7.11. The lowest BCUT2D eigenvalue weighted by Crippen LogP contribution is -2.05. The fourth-order valence-electron chi connectivity index (χ4n) is 1.27. The van der Waals surface area contributed by atoms with Gasteiger partial charge in [-0.2, -0.15) is 0 Å². The zero-order chi connectivity index (χ0) is 17.6. The van der Waals surface area contributed by atoms with Gasteiger partial charge in [-0.15, -0.1) is 0 Å². The number of carbonyl (C=O) groups is 2. The van der Waals surface area contributed by atoms with E-state index in [0.29, 0.717) is 39.3 Å². The molecule has 0 bridgehead atoms. The molecule has 1 N–H and O–H groups in total. The third kappa shape index (κ3) is 13.9. The number of phosphoric ester groups is 1. The van der Waals surface area contributed by atoms with E-state index in [4.69, 9.17) is 14.4 Å². The van der Waals surface area contributed by atoms with Crippen LogP contribution >= 0.6 is 7.82 Å². The van der Waals surface area contributed by atoms with E-state index in [9.17, 15) is 14.2 Å². The van der Waals surface area contributed by atoms with Crippen LogP contribution in [0.25, 0.3) is 0 Å². The average molecular weight is 350 g/mol. The van der Waals surface area contributed by atoms with E-state index in [-0.39, 0.29) is 0 Å². The van der Waals surface area contributed by atoms with Crippen LogP contribution in [0.5, 0.6) is 0 Å². The number of phosphoric acid groups is 1. The van der Waals surface area contributed by atoms with Crippen LogP contribution in [0.2, 0.25) is 0 Å². The highest BCUT2D eigenvalue weighted by molar-refractivity contribution is 7.47. The summed E-state index contributed by atoms with van der Waals surface area (Å²) < 4.78 is 28.9. The van der Waals surface area contributed by atoms with Gasteiger partial charge in [-0.25, -0.2) is 14.2 Å². The van der Waals surface area contributed by atoms with Crippen molar-refractivity contribution in [3.8, 4) is 0 Å². The van der Waals surface area contributed by atoms with Crippen molar-refractivity contribution in [1.29, 1.82) is 0 Å². The highest BCUT2D eigenvalue weighted by Gasteiger charge is 2.22. The van der Waals surface area contributed by atoms with Crippen LogP contribution in [-0.2, 0) is 32.7 Å². The number of carbonyl (C=O) groups excluding carboxylic acids is 2. The van der Waals surface area contributed by atoms with Crippen molar-refractivity contribution in [3.63, 3.8) is 0 Å². The predicted octanol–water partition coefficient (Wildman–Crippen LogP) is 2.14. The summed E-state index contributed by atoms with van der Waals surface area (Å²) in [5, 5.41) is 0. The van der Waals surface area contributed by atoms with E-state index in [2.05, 4.69) is 22.2 Å². The average Bonchev–Trinajstić information content (AvgIpc) is 2.74. The van der Waals surface area contributed by atoms with Crippen molar-refractivity contribution >= 4 is 19.8 Å². The molecule has 0 atom stereocenters. The van der Waals surface area contributed by atoms with Gasteiger partial charge in [-0.1, -0.05) is 13.2 Å². The second-order valence-corrected chi connectivity index (χ2v) is 5.75. The molecule has 0 amide bonds. The van der Waals surface area contributed by atoms with Gasteiger partial charge in [0.15, 0.2) is 0 Å². The monoisotopic (exact) mass is 350 g/mol. The molecule has 9 heteroatoms. The van der Waals surface area contributed by atoms with Crippen molar-refractivity contribution in [3.05, 3.63) is 25.3 Å². The van der Waals surface area contributed by atoms with Crippen molar-refractivity contribution in [2.24, 2.45) is 0 Å². The second kappa shape index (κ2) is 13.0. The van der Waals surface area contributed by atoms with Gasteiger partial charge in [0.2, 0.25) is 0 Å². The molecule has 0 saturated carbocycles. The predicted molar refractivity (Wildman–Crippen MR) is 82.5 cm³/mol. The minimum Gasteiger partial charge on any atom is -0.463 e. The largest absolute Gasteiger partial charge is 0.472 e. The molecule has 1 saturated heterocycles. The van der Waals surface area contributed by atoms with Gasteiger partial charge in [0.1, 0.15) is 0 Å². The molecule has 132 valence electrons. The lowest BCUT2D eigenvalue weighted by Gasteiger charge is -2.05. The third-order valence-electron chi connectivity index (χ3n) is 2.41. The number of rotatable bonds is 7. The molecule has 1 rings (SSSR count). The van der Waals surface area contributed by atoms with Gasteiger partial charge < -0.3 is 14.4 Å². The molecule has 1 aliphatic heterocycles. The van der Waals surface area contributed by atoms with Crippen molar-refractivity contribution < 1.29 is 37.6 Å². The summed E-state index contributed by atoms with van der Waals surface area (Å²) in [4.78, 5) is 29.8. The Hall–Kier alpha value is -1.47. The minimum absolute atomic E-state index is 0.316. The van der Waals surface area contributed by atoms with Gasteiger partial charge in [0.25, 0.3) is 0 Å². The standard InChI is InChI=1S/C10H14O4.C4H9O4P/c1-3-9(11)13-7-5-6-8-14-10(12)4-2;5-9(6)7-3-1-2-4-8-9/h3-4H,1-2,5-8H2;1-4H2,(H,5,6). The summed E-state index contributed by atoms with van der Waals surface area (Å²) in [5.74, 6) is -0.874. The summed E-state index contributed by atoms with van der Waals surface area (Å²) in [6.45, 7) is 7.80. The maximum atomic E-state index is 10.6. The van der Waals surface area contributed by atoms with Crippen molar-refractivity contribution in [2.75, 3.05) is 26.4 Å². The van der Waals surface area contributed by atoms with Crippen LogP contribution in [-0.4, -0.2) is 43.3 Å². The fraction of sp³-hybridized carbons (Fsp3) is 0.571. The van der Waals surface area contributed by atoms with Crippen LogP contribution in [0.1, 0.15) is 25.7 Å². The Labute approximate surface area is 135 Å². The zero-order valence-corrected chi connectivity index (χ0v) is 13.9. The van der Waals surface area contributed by atoms with Crippen molar-refractivity contribution in [2.45, 2.75) is 25.7 Å². The summed E-state index contributed by atoms with van der Waals surface area (Å²) in [6.07, 6.45) is 5.12. The van der Waals surface area contributed by atoms with Gasteiger partial charge in [-0.05, 0) is 25.7 Å². The van der Waals surface area contributed by atoms with Gasteiger partial charge >= 0.3 is 19.8 Å². The van der Waals surface area contributed by atoms with Crippen LogP contribution in [0.3, 0.4) is 0 Å². The SMILES string of the molecule is C=CC(=O)OCCCCOC(=O)C=C.O=P1(O)OCCCCO1. The number of ether oxygens (including phenoxy) is 2. The molecule has 0 spiro atoms. The van der Waals surface area contributed by atoms with Gasteiger partial charge in [-0.3, -0.25) is 9.05 Å². The lowest BCUT2D eigenvalue weighted by molar-refractivity contribution is -0.140. The normalized spacial score (nSPS) is 16.0. The second-order valence-electron chi connectivity index (χ2n) is 4.29. The molecular weight excluding hydrogens is 327 g/mol. The third-order valence-corrected chi connectivity index (χ3v) is 3.43. The van der Waals surface area contributed by atoms with E-state index in [1.54, 1.807) is 0 Å². The number of unbranched alkanes of at least 4 members (excludes halogenated alkanes) is 1. The van der Waals surface area contributed by atoms with Crippen LogP contribution < -0.4 is 0 Å². The topological polar surface area (TPSA) is 108 Å². The molecule has 0 aromatic carbocycles. The maximum Gasteiger partial charge on any atom is 0.472 e. The molecule has 0 aromatic heterocycles. The van der Waals surface area contributed by atoms with E-state index in [0.717, 1.165) is 25.0 Å². The molecule has 23 heavy (non-hydrogen) atoms. The molecule has 1 fully saturated rings. The van der Waals surface area contributed by atoms with Crippen LogP contribution in [0.15, 0.2) is 25.3 Å². The molecule has 1 aliphatic rings. The van der Waals surface area contributed by atoms with Crippen LogP contribution in [0, 0.1) is 0 Å². The first kappa shape index (κ1) is 21.5. The Morgan fingerprint density at radius 3 is 1.74 bits per heavy atom. The van der Waals surface area contributed by atoms with E-state index in [1.165, 1.54) is 0 Å². The Kier molecular flexibility index (Phi) is 12.2. The van der Waals surface area contributed by atoms with E-state index in [1.807, 2.05) is 0 Å². The van der Waals surface area contributed by atoms with Crippen molar-refractivity contribution in [1.82, 2.24) is 0 Å². The van der Waals surface area contributed by atoms with Gasteiger partial charge in [0.05, 0.1) is 26.4 Å². The molecule has 0 aliphatic carbocycles. The summed E-state index contributed by atoms with van der Waals surface area (Å²) >= 11 is 0. The lowest BCUT2D eigenvalue weighted by atomic mass is 10.3. The highest BCUT2D eigenvalue weighted by Crippen LogP contribution is 2.44. The molecule has 0 radical (unpaired) electrons. The summed E-state index contributed by atoms with van der Waals surface area (Å²) in [5.41, 5.74) is 0. The smallest absolute Gasteiger partial charge is 0.463 e. The number of hydrogen-bond donors (Lipinski definition) is 1. The highest BCUT2D eigenvalue weighted by atomic mass is 31.2. The van der Waals surface area contributed by atoms with Gasteiger partial charge in [0, 0.05) is 12.2 Å². The Balaban J connectivity index is 0.000000459. The molecule has 1 heterocycles. The Morgan fingerprint density at radius 1 is 1.00 bits per heavy atom. The molecule has 0 aromatic rings. The summed E-state index contributed by atoms with van der Waals surface area (Å²) in [6, 6.07) is 0. The molecule has 8 nitrogen and oxygen atoms in total. The zero-order valence-electron chi connectivity index (χ0n) is 13.0. The Morgan fingerprint density at radius 2 is 1.39 bits per heavy atom. The Bertz CT molecular complexity index is 398.